The largest absolute Gasteiger partial charge is 0.507 e. The molecule has 5 aromatic rings. The fourth-order valence-electron chi connectivity index (χ4n) is 4.10. The monoisotopic (exact) mass is 389 g/mol. The summed E-state index contributed by atoms with van der Waals surface area (Å²) in [5, 5.41) is 14.9. The fraction of sp³-hybridized carbons (Fsp3) is 0.0714. The molecule has 1 N–H and O–H groups in total. The standard InChI is InChI=1S/C28H23NO/c1-19-7-12-22(13-8-19)29(23-14-9-20(2)10-15-23)26-17-18-27(30)28-24-6-4-3-5-21(24)11-16-25(26)28/h3-18,30H,1-2H3. The van der Waals surface area contributed by atoms with Crippen LogP contribution in [0.25, 0.3) is 21.5 Å². The molecule has 0 aromatic heterocycles. The molecule has 0 atom stereocenters. The smallest absolute Gasteiger partial charge is 0.124 e. The highest BCUT2D eigenvalue weighted by Crippen LogP contribution is 2.43. The topological polar surface area (TPSA) is 23.5 Å². The first-order chi connectivity index (χ1) is 14.6. The van der Waals surface area contributed by atoms with Crippen molar-refractivity contribution in [2.75, 3.05) is 4.90 Å². The Bertz CT molecular complexity index is 1310. The molecule has 5 aromatic carbocycles. The average Bonchev–Trinajstić information content (AvgIpc) is 2.77. The minimum absolute atomic E-state index is 0.304. The quantitative estimate of drug-likeness (QED) is 0.318. The van der Waals surface area contributed by atoms with Crippen LogP contribution >= 0.6 is 0 Å². The molecule has 30 heavy (non-hydrogen) atoms. The number of anilines is 3. The summed E-state index contributed by atoms with van der Waals surface area (Å²) in [6.45, 7) is 4.20. The maximum absolute atomic E-state index is 10.8. The Morgan fingerprint density at radius 2 is 1.17 bits per heavy atom. The third-order valence-electron chi connectivity index (χ3n) is 5.69. The molecule has 0 aliphatic rings. The number of nitrogens with zero attached hydrogens (tertiary/aromatic N) is 1. The summed E-state index contributed by atoms with van der Waals surface area (Å²) < 4.78 is 0. The van der Waals surface area contributed by atoms with Gasteiger partial charge in [-0.1, -0.05) is 71.8 Å². The number of rotatable bonds is 3. The van der Waals surface area contributed by atoms with Gasteiger partial charge >= 0.3 is 0 Å². The fourth-order valence-corrected chi connectivity index (χ4v) is 4.10. The van der Waals surface area contributed by atoms with Gasteiger partial charge in [0.15, 0.2) is 0 Å². The zero-order chi connectivity index (χ0) is 20.7. The van der Waals surface area contributed by atoms with Crippen molar-refractivity contribution in [3.8, 4) is 5.75 Å². The number of aromatic hydroxyl groups is 1. The molecule has 0 bridgehead atoms. The summed E-state index contributed by atoms with van der Waals surface area (Å²) in [6, 6.07) is 33.4. The number of hydrogen-bond acceptors (Lipinski definition) is 2. The lowest BCUT2D eigenvalue weighted by Crippen LogP contribution is -2.10. The molecule has 0 spiro atoms. The highest BCUT2D eigenvalue weighted by Gasteiger charge is 2.17. The first-order valence-corrected chi connectivity index (χ1v) is 10.2. The van der Waals surface area contributed by atoms with E-state index in [1.807, 2.05) is 18.2 Å². The van der Waals surface area contributed by atoms with Crippen molar-refractivity contribution >= 4 is 38.6 Å². The maximum Gasteiger partial charge on any atom is 0.124 e. The van der Waals surface area contributed by atoms with E-state index in [9.17, 15) is 5.11 Å². The van der Waals surface area contributed by atoms with Crippen LogP contribution in [0.15, 0.2) is 97.1 Å². The molecule has 5 rings (SSSR count). The first-order valence-electron chi connectivity index (χ1n) is 10.2. The Kier molecular flexibility index (Phi) is 4.40. The van der Waals surface area contributed by atoms with Gasteiger partial charge in [-0.2, -0.15) is 0 Å². The summed E-state index contributed by atoms with van der Waals surface area (Å²) in [7, 11) is 0. The van der Waals surface area contributed by atoms with Crippen molar-refractivity contribution in [3.63, 3.8) is 0 Å². The van der Waals surface area contributed by atoms with Gasteiger partial charge in [0.1, 0.15) is 5.75 Å². The van der Waals surface area contributed by atoms with Crippen LogP contribution < -0.4 is 4.90 Å². The molecule has 0 unspecified atom stereocenters. The highest BCUT2D eigenvalue weighted by molar-refractivity contribution is 6.15. The van der Waals surface area contributed by atoms with E-state index in [2.05, 4.69) is 91.5 Å². The minimum atomic E-state index is 0.304. The number of benzene rings is 5. The molecule has 0 aliphatic heterocycles. The molecule has 146 valence electrons. The zero-order valence-electron chi connectivity index (χ0n) is 17.1. The Hall–Kier alpha value is -3.78. The summed E-state index contributed by atoms with van der Waals surface area (Å²) in [5.41, 5.74) is 5.67. The third-order valence-corrected chi connectivity index (χ3v) is 5.69. The summed E-state index contributed by atoms with van der Waals surface area (Å²) >= 11 is 0. The SMILES string of the molecule is Cc1ccc(N(c2ccc(C)cc2)c2ccc(O)c3c2ccc2ccccc23)cc1. The summed E-state index contributed by atoms with van der Waals surface area (Å²) in [5.74, 6) is 0.304. The van der Waals surface area contributed by atoms with Gasteiger partial charge in [-0.3, -0.25) is 0 Å². The van der Waals surface area contributed by atoms with Crippen LogP contribution in [-0.4, -0.2) is 5.11 Å². The summed E-state index contributed by atoms with van der Waals surface area (Å²) in [6.07, 6.45) is 0. The molecule has 2 heteroatoms. The Morgan fingerprint density at radius 1 is 0.567 bits per heavy atom. The van der Waals surface area contributed by atoms with Gasteiger partial charge in [0.05, 0.1) is 5.69 Å². The number of phenols is 1. The van der Waals surface area contributed by atoms with Crippen LogP contribution in [0.3, 0.4) is 0 Å². The van der Waals surface area contributed by atoms with E-state index in [0.29, 0.717) is 5.75 Å². The minimum Gasteiger partial charge on any atom is -0.507 e. The first kappa shape index (κ1) is 18.3. The van der Waals surface area contributed by atoms with E-state index >= 15 is 0 Å². The lowest BCUT2D eigenvalue weighted by Gasteiger charge is -2.27. The number of hydrogen-bond donors (Lipinski definition) is 1. The van der Waals surface area contributed by atoms with Gasteiger partial charge in [0.2, 0.25) is 0 Å². The van der Waals surface area contributed by atoms with Crippen molar-refractivity contribution < 1.29 is 5.11 Å². The van der Waals surface area contributed by atoms with E-state index in [-0.39, 0.29) is 0 Å². The molecule has 0 heterocycles. The molecule has 0 amide bonds. The van der Waals surface area contributed by atoms with Crippen molar-refractivity contribution in [2.24, 2.45) is 0 Å². The van der Waals surface area contributed by atoms with Gasteiger partial charge in [0, 0.05) is 22.1 Å². The molecule has 0 saturated carbocycles. The summed E-state index contributed by atoms with van der Waals surface area (Å²) in [4.78, 5) is 2.26. The zero-order valence-corrected chi connectivity index (χ0v) is 17.1. The predicted octanol–water partition coefficient (Wildman–Crippen LogP) is 7.79. The lowest BCUT2D eigenvalue weighted by atomic mass is 9.99. The molecule has 0 radical (unpaired) electrons. The van der Waals surface area contributed by atoms with Gasteiger partial charge in [0.25, 0.3) is 0 Å². The van der Waals surface area contributed by atoms with Gasteiger partial charge < -0.3 is 10.0 Å². The van der Waals surface area contributed by atoms with Crippen LogP contribution in [0.1, 0.15) is 11.1 Å². The Morgan fingerprint density at radius 3 is 1.80 bits per heavy atom. The second-order valence-electron chi connectivity index (χ2n) is 7.82. The van der Waals surface area contributed by atoms with E-state index in [0.717, 1.165) is 38.6 Å². The highest BCUT2D eigenvalue weighted by atomic mass is 16.3. The van der Waals surface area contributed by atoms with Crippen LogP contribution in [0.4, 0.5) is 17.1 Å². The Balaban J connectivity index is 1.83. The molecule has 0 fully saturated rings. The van der Waals surface area contributed by atoms with Crippen molar-refractivity contribution in [2.45, 2.75) is 13.8 Å². The number of aryl methyl sites for hydroxylation is 2. The third kappa shape index (κ3) is 3.07. The molecular formula is C28H23NO. The van der Waals surface area contributed by atoms with Gasteiger partial charge in [-0.25, -0.2) is 0 Å². The van der Waals surface area contributed by atoms with Crippen LogP contribution in [0.2, 0.25) is 0 Å². The van der Waals surface area contributed by atoms with E-state index in [4.69, 9.17) is 0 Å². The second kappa shape index (κ2) is 7.23. The average molecular weight is 389 g/mol. The van der Waals surface area contributed by atoms with Crippen LogP contribution in [-0.2, 0) is 0 Å². The predicted molar refractivity (Wildman–Crippen MR) is 127 cm³/mol. The van der Waals surface area contributed by atoms with Crippen molar-refractivity contribution in [1.29, 1.82) is 0 Å². The molecular weight excluding hydrogens is 366 g/mol. The number of fused-ring (bicyclic) bond motifs is 3. The van der Waals surface area contributed by atoms with Crippen molar-refractivity contribution in [3.05, 3.63) is 108 Å². The van der Waals surface area contributed by atoms with E-state index < -0.39 is 0 Å². The van der Waals surface area contributed by atoms with E-state index in [1.165, 1.54) is 11.1 Å². The van der Waals surface area contributed by atoms with Crippen molar-refractivity contribution in [1.82, 2.24) is 0 Å². The lowest BCUT2D eigenvalue weighted by molar-refractivity contribution is 0.482. The normalized spacial score (nSPS) is 11.1. The van der Waals surface area contributed by atoms with Gasteiger partial charge in [-0.15, -0.1) is 0 Å². The second-order valence-corrected chi connectivity index (χ2v) is 7.82. The van der Waals surface area contributed by atoms with Gasteiger partial charge in [-0.05, 0) is 61.0 Å². The number of phenolic OH excluding ortho intramolecular Hbond substituents is 1. The van der Waals surface area contributed by atoms with E-state index in [1.54, 1.807) is 6.07 Å². The Labute approximate surface area is 176 Å². The molecule has 0 aliphatic carbocycles. The van der Waals surface area contributed by atoms with Crippen LogP contribution in [0.5, 0.6) is 5.75 Å². The molecule has 2 nitrogen and oxygen atoms in total. The van der Waals surface area contributed by atoms with Crippen LogP contribution in [0, 0.1) is 13.8 Å². The maximum atomic E-state index is 10.8. The molecule has 0 saturated heterocycles.